The predicted octanol–water partition coefficient (Wildman–Crippen LogP) is 1.20. The van der Waals surface area contributed by atoms with Gasteiger partial charge >= 0.3 is 5.97 Å². The number of nitrogens with zero attached hydrogens (tertiary/aromatic N) is 1. The van der Waals surface area contributed by atoms with Gasteiger partial charge in [0.25, 0.3) is 5.56 Å². The number of aromatic amines is 1. The topological polar surface area (TPSA) is 83.0 Å². The van der Waals surface area contributed by atoms with E-state index in [4.69, 9.17) is 5.11 Å². The molecule has 0 atom stereocenters. The first-order chi connectivity index (χ1) is 8.56. The Morgan fingerprint density at radius 1 is 1.33 bits per heavy atom. The second-order valence-electron chi connectivity index (χ2n) is 3.71. The van der Waals surface area contributed by atoms with Crippen LogP contribution in [-0.2, 0) is 6.42 Å². The lowest BCUT2D eigenvalue weighted by Crippen LogP contribution is -2.08. The Labute approximate surface area is 101 Å². The van der Waals surface area contributed by atoms with Crippen LogP contribution in [0.5, 0.6) is 0 Å². The van der Waals surface area contributed by atoms with Crippen LogP contribution in [0.1, 0.15) is 21.6 Å². The fourth-order valence-corrected chi connectivity index (χ4v) is 1.53. The molecule has 92 valence electrons. The van der Waals surface area contributed by atoms with Crippen LogP contribution in [0.3, 0.4) is 0 Å². The first-order valence-corrected chi connectivity index (χ1v) is 5.12. The Morgan fingerprint density at radius 3 is 2.72 bits per heavy atom. The Hall–Kier alpha value is -2.50. The number of aromatic nitrogens is 2. The molecule has 0 aliphatic heterocycles. The molecule has 1 aromatic heterocycles. The summed E-state index contributed by atoms with van der Waals surface area (Å²) in [4.78, 5) is 21.6. The van der Waals surface area contributed by atoms with Crippen LogP contribution in [0.4, 0.5) is 4.39 Å². The van der Waals surface area contributed by atoms with E-state index in [0.717, 1.165) is 6.07 Å². The van der Waals surface area contributed by atoms with E-state index < -0.39 is 11.8 Å². The molecule has 1 aromatic carbocycles. The summed E-state index contributed by atoms with van der Waals surface area (Å²) in [5, 5.41) is 14.9. The van der Waals surface area contributed by atoms with Gasteiger partial charge in [0.1, 0.15) is 5.82 Å². The lowest BCUT2D eigenvalue weighted by atomic mass is 10.1. The number of rotatable bonds is 3. The SMILES string of the molecule is O=C(O)c1cc(Cc2ccc(=O)[nH]n2)ccc1F. The van der Waals surface area contributed by atoms with Crippen LogP contribution in [0.25, 0.3) is 0 Å². The quantitative estimate of drug-likeness (QED) is 0.854. The summed E-state index contributed by atoms with van der Waals surface area (Å²) in [6.07, 6.45) is 0.317. The zero-order valence-corrected chi connectivity index (χ0v) is 9.18. The first kappa shape index (κ1) is 12.0. The summed E-state index contributed by atoms with van der Waals surface area (Å²) in [6.45, 7) is 0. The normalized spacial score (nSPS) is 10.3. The van der Waals surface area contributed by atoms with Crippen LogP contribution in [0, 0.1) is 5.82 Å². The molecular formula is C12H9FN2O3. The molecule has 2 N–H and O–H groups in total. The van der Waals surface area contributed by atoms with Gasteiger partial charge in [0.15, 0.2) is 0 Å². The van der Waals surface area contributed by atoms with Crippen molar-refractivity contribution < 1.29 is 14.3 Å². The molecule has 2 rings (SSSR count). The van der Waals surface area contributed by atoms with E-state index in [0.29, 0.717) is 17.7 Å². The number of hydrogen-bond donors (Lipinski definition) is 2. The second kappa shape index (κ2) is 4.79. The molecule has 0 aliphatic carbocycles. The molecule has 1 heterocycles. The number of hydrogen-bond acceptors (Lipinski definition) is 3. The zero-order valence-electron chi connectivity index (χ0n) is 9.18. The second-order valence-corrected chi connectivity index (χ2v) is 3.71. The lowest BCUT2D eigenvalue weighted by Gasteiger charge is -2.03. The van der Waals surface area contributed by atoms with Crippen molar-refractivity contribution in [3.05, 3.63) is 63.3 Å². The van der Waals surface area contributed by atoms with Crippen molar-refractivity contribution in [2.45, 2.75) is 6.42 Å². The van der Waals surface area contributed by atoms with Crippen LogP contribution in [-0.4, -0.2) is 21.3 Å². The summed E-state index contributed by atoms with van der Waals surface area (Å²) in [5.74, 6) is -2.09. The Morgan fingerprint density at radius 2 is 2.11 bits per heavy atom. The van der Waals surface area contributed by atoms with Gasteiger partial charge in [-0.2, -0.15) is 5.10 Å². The fraction of sp³-hybridized carbons (Fsp3) is 0.0833. The van der Waals surface area contributed by atoms with E-state index >= 15 is 0 Å². The molecule has 6 heteroatoms. The average Bonchev–Trinajstić information content (AvgIpc) is 2.34. The number of carbonyl (C=O) groups is 1. The molecule has 0 unspecified atom stereocenters. The van der Waals surface area contributed by atoms with Crippen LogP contribution in [0.15, 0.2) is 35.1 Å². The van der Waals surface area contributed by atoms with Crippen molar-refractivity contribution in [1.29, 1.82) is 0 Å². The maximum Gasteiger partial charge on any atom is 0.338 e. The summed E-state index contributed by atoms with van der Waals surface area (Å²) >= 11 is 0. The van der Waals surface area contributed by atoms with Crippen LogP contribution >= 0.6 is 0 Å². The maximum absolute atomic E-state index is 13.2. The highest BCUT2D eigenvalue weighted by Crippen LogP contribution is 2.13. The fourth-order valence-electron chi connectivity index (χ4n) is 1.53. The number of H-pyrrole nitrogens is 1. The third-order valence-electron chi connectivity index (χ3n) is 2.38. The van der Waals surface area contributed by atoms with Crippen molar-refractivity contribution in [3.63, 3.8) is 0 Å². The Balaban J connectivity index is 2.29. The third-order valence-corrected chi connectivity index (χ3v) is 2.38. The number of nitrogens with one attached hydrogen (secondary N) is 1. The number of benzene rings is 1. The van der Waals surface area contributed by atoms with Gasteiger partial charge in [0, 0.05) is 12.5 Å². The minimum Gasteiger partial charge on any atom is -0.478 e. The van der Waals surface area contributed by atoms with Crippen LogP contribution < -0.4 is 5.56 Å². The van der Waals surface area contributed by atoms with Gasteiger partial charge in [-0.3, -0.25) is 4.79 Å². The van der Waals surface area contributed by atoms with Gasteiger partial charge in [-0.05, 0) is 23.8 Å². The Kier molecular flexibility index (Phi) is 3.18. The molecule has 2 aromatic rings. The highest BCUT2D eigenvalue weighted by atomic mass is 19.1. The minimum atomic E-state index is -1.32. The van der Waals surface area contributed by atoms with Gasteiger partial charge in [-0.15, -0.1) is 0 Å². The zero-order chi connectivity index (χ0) is 13.1. The van der Waals surface area contributed by atoms with E-state index in [1.165, 1.54) is 24.3 Å². The highest BCUT2D eigenvalue weighted by Gasteiger charge is 2.11. The molecular weight excluding hydrogens is 239 g/mol. The smallest absolute Gasteiger partial charge is 0.338 e. The molecule has 5 nitrogen and oxygen atoms in total. The molecule has 0 spiro atoms. The predicted molar refractivity (Wildman–Crippen MR) is 61.0 cm³/mol. The molecule has 0 amide bonds. The van der Waals surface area contributed by atoms with Gasteiger partial charge in [-0.25, -0.2) is 14.3 Å². The van der Waals surface area contributed by atoms with Gasteiger partial charge < -0.3 is 5.11 Å². The van der Waals surface area contributed by atoms with E-state index in [2.05, 4.69) is 10.2 Å². The highest BCUT2D eigenvalue weighted by molar-refractivity contribution is 5.88. The third kappa shape index (κ3) is 2.60. The maximum atomic E-state index is 13.2. The molecule has 0 bridgehead atoms. The minimum absolute atomic E-state index is 0.316. The number of carboxylic acid groups (broad SMARTS) is 1. The molecule has 0 aliphatic rings. The molecule has 18 heavy (non-hydrogen) atoms. The monoisotopic (exact) mass is 248 g/mol. The van der Waals surface area contributed by atoms with Crippen molar-refractivity contribution in [1.82, 2.24) is 10.2 Å². The number of aromatic carboxylic acids is 1. The molecule has 0 radical (unpaired) electrons. The molecule has 0 fully saturated rings. The van der Waals surface area contributed by atoms with Gasteiger partial charge in [0.2, 0.25) is 0 Å². The first-order valence-electron chi connectivity index (χ1n) is 5.12. The van der Waals surface area contributed by atoms with Gasteiger partial charge in [-0.1, -0.05) is 6.07 Å². The molecule has 0 saturated carbocycles. The summed E-state index contributed by atoms with van der Waals surface area (Å²) in [5.41, 5.74) is 0.479. The average molecular weight is 248 g/mol. The summed E-state index contributed by atoms with van der Waals surface area (Å²) in [6, 6.07) is 6.69. The van der Waals surface area contributed by atoms with Crippen molar-refractivity contribution >= 4 is 5.97 Å². The van der Waals surface area contributed by atoms with E-state index in [1.54, 1.807) is 0 Å². The van der Waals surface area contributed by atoms with E-state index in [-0.39, 0.29) is 11.1 Å². The van der Waals surface area contributed by atoms with Crippen LogP contribution in [0.2, 0.25) is 0 Å². The Bertz CT molecular complexity index is 632. The van der Waals surface area contributed by atoms with E-state index in [9.17, 15) is 14.0 Å². The summed E-state index contributed by atoms with van der Waals surface area (Å²) < 4.78 is 13.2. The van der Waals surface area contributed by atoms with Gasteiger partial charge in [0.05, 0.1) is 11.3 Å². The lowest BCUT2D eigenvalue weighted by molar-refractivity contribution is 0.0691. The number of carboxylic acids is 1. The van der Waals surface area contributed by atoms with Crippen molar-refractivity contribution in [2.75, 3.05) is 0 Å². The standard InChI is InChI=1S/C12H9FN2O3/c13-10-3-1-7(6-9(10)12(17)18)5-8-2-4-11(16)15-14-8/h1-4,6H,5H2,(H,15,16)(H,17,18). The van der Waals surface area contributed by atoms with E-state index in [1.807, 2.05) is 0 Å². The van der Waals surface area contributed by atoms with Crippen molar-refractivity contribution in [3.8, 4) is 0 Å². The summed E-state index contributed by atoms with van der Waals surface area (Å²) in [7, 11) is 0. The molecule has 0 saturated heterocycles. The number of halogens is 1. The van der Waals surface area contributed by atoms with Crippen molar-refractivity contribution in [2.24, 2.45) is 0 Å². The largest absolute Gasteiger partial charge is 0.478 e.